The van der Waals surface area contributed by atoms with E-state index in [4.69, 9.17) is 0 Å². The first-order chi connectivity index (χ1) is 10.0. The highest BCUT2D eigenvalue weighted by Crippen LogP contribution is 2.28. The molecule has 1 saturated heterocycles. The van der Waals surface area contributed by atoms with Gasteiger partial charge in [-0.2, -0.15) is 0 Å². The monoisotopic (exact) mass is 316 g/mol. The third kappa shape index (κ3) is 5.22. The molecule has 2 aliphatic rings. The fourth-order valence-electron chi connectivity index (χ4n) is 3.72. The van der Waals surface area contributed by atoms with Crippen LogP contribution < -0.4 is 5.32 Å². The minimum atomic E-state index is -2.86. The number of nitrogens with zero attached hydrogens (tertiary/aromatic N) is 1. The lowest BCUT2D eigenvalue weighted by Crippen LogP contribution is -2.46. The molecule has 1 aliphatic heterocycles. The molecule has 1 heterocycles. The van der Waals surface area contributed by atoms with E-state index in [2.05, 4.69) is 17.1 Å². The van der Waals surface area contributed by atoms with Gasteiger partial charge in [0, 0.05) is 30.9 Å². The van der Waals surface area contributed by atoms with Crippen LogP contribution in [0.4, 0.5) is 0 Å². The van der Waals surface area contributed by atoms with Gasteiger partial charge >= 0.3 is 0 Å². The number of hydrogen-bond donors (Lipinski definition) is 1. The van der Waals surface area contributed by atoms with Gasteiger partial charge in [-0.15, -0.1) is 0 Å². The predicted molar refractivity (Wildman–Crippen MR) is 88.3 cm³/mol. The number of hydrogen-bond acceptors (Lipinski definition) is 4. The first kappa shape index (κ1) is 17.2. The maximum absolute atomic E-state index is 11.8. The van der Waals surface area contributed by atoms with E-state index in [1.165, 1.54) is 32.1 Å². The third-order valence-electron chi connectivity index (χ3n) is 5.37. The standard InChI is InChI=1S/C16H32N2O2S/c1-3-21(19,20)12-11-18-13-16(17-10-9-14(18)2)15-7-5-4-6-8-15/h14-17H,3-13H2,1-2H3. The smallest absolute Gasteiger partial charge is 0.151 e. The molecule has 0 bridgehead atoms. The van der Waals surface area contributed by atoms with Crippen molar-refractivity contribution in [1.82, 2.24) is 10.2 Å². The Hall–Kier alpha value is -0.130. The van der Waals surface area contributed by atoms with E-state index in [1.54, 1.807) is 6.92 Å². The number of rotatable bonds is 5. The van der Waals surface area contributed by atoms with Crippen LogP contribution in [0.25, 0.3) is 0 Å². The summed E-state index contributed by atoms with van der Waals surface area (Å²) in [6.45, 7) is 6.77. The topological polar surface area (TPSA) is 49.4 Å². The molecule has 2 rings (SSSR count). The van der Waals surface area contributed by atoms with Crippen LogP contribution >= 0.6 is 0 Å². The Kier molecular flexibility index (Phi) is 6.51. The van der Waals surface area contributed by atoms with Crippen molar-refractivity contribution < 1.29 is 8.42 Å². The zero-order valence-corrected chi connectivity index (χ0v) is 14.5. The van der Waals surface area contributed by atoms with Crippen LogP contribution in [0, 0.1) is 5.92 Å². The van der Waals surface area contributed by atoms with Gasteiger partial charge in [0.25, 0.3) is 0 Å². The lowest BCUT2D eigenvalue weighted by atomic mass is 9.83. The average Bonchev–Trinajstić information content (AvgIpc) is 2.68. The maximum atomic E-state index is 11.8. The van der Waals surface area contributed by atoms with Gasteiger partial charge < -0.3 is 5.32 Å². The van der Waals surface area contributed by atoms with E-state index in [0.717, 1.165) is 25.4 Å². The Labute approximate surface area is 130 Å². The molecule has 4 nitrogen and oxygen atoms in total. The van der Waals surface area contributed by atoms with Gasteiger partial charge in [-0.25, -0.2) is 8.42 Å². The van der Waals surface area contributed by atoms with Crippen LogP contribution in [0.15, 0.2) is 0 Å². The van der Waals surface area contributed by atoms with Crippen molar-refractivity contribution in [2.75, 3.05) is 31.1 Å². The summed E-state index contributed by atoms with van der Waals surface area (Å²) >= 11 is 0. The Morgan fingerprint density at radius 1 is 1.14 bits per heavy atom. The van der Waals surface area contributed by atoms with Gasteiger partial charge in [-0.3, -0.25) is 4.90 Å². The normalized spacial score (nSPS) is 30.2. The molecule has 1 saturated carbocycles. The lowest BCUT2D eigenvalue weighted by Gasteiger charge is -2.34. The summed E-state index contributed by atoms with van der Waals surface area (Å²) in [7, 11) is -2.86. The Balaban J connectivity index is 1.94. The molecule has 0 spiro atoms. The fourth-order valence-corrected chi connectivity index (χ4v) is 4.52. The third-order valence-corrected chi connectivity index (χ3v) is 7.06. The van der Waals surface area contributed by atoms with Crippen LogP contribution in [0.3, 0.4) is 0 Å². The van der Waals surface area contributed by atoms with Crippen molar-refractivity contribution in [2.24, 2.45) is 5.92 Å². The molecule has 2 fully saturated rings. The molecule has 0 aromatic rings. The second kappa shape index (κ2) is 7.93. The molecule has 1 aliphatic carbocycles. The molecule has 0 radical (unpaired) electrons. The molecule has 0 aromatic heterocycles. The molecule has 2 atom stereocenters. The van der Waals surface area contributed by atoms with Gasteiger partial charge in [0.05, 0.1) is 5.75 Å². The van der Waals surface area contributed by atoms with Gasteiger partial charge in [0.2, 0.25) is 0 Å². The predicted octanol–water partition coefficient (Wildman–Crippen LogP) is 2.05. The van der Waals surface area contributed by atoms with Crippen LogP contribution in [0.2, 0.25) is 0 Å². The summed E-state index contributed by atoms with van der Waals surface area (Å²) < 4.78 is 23.6. The lowest BCUT2D eigenvalue weighted by molar-refractivity contribution is 0.180. The first-order valence-electron chi connectivity index (χ1n) is 8.69. The highest BCUT2D eigenvalue weighted by Gasteiger charge is 2.29. The van der Waals surface area contributed by atoms with Crippen molar-refractivity contribution in [2.45, 2.75) is 64.5 Å². The van der Waals surface area contributed by atoms with E-state index in [9.17, 15) is 8.42 Å². The maximum Gasteiger partial charge on any atom is 0.151 e. The SMILES string of the molecule is CCS(=O)(=O)CCN1CC(C2CCCCC2)NCCC1C. The summed E-state index contributed by atoms with van der Waals surface area (Å²) in [5.74, 6) is 1.36. The van der Waals surface area contributed by atoms with E-state index in [0.29, 0.717) is 24.4 Å². The van der Waals surface area contributed by atoms with Gasteiger partial charge in [-0.05, 0) is 38.6 Å². The van der Waals surface area contributed by atoms with Crippen LogP contribution in [-0.2, 0) is 9.84 Å². The summed E-state index contributed by atoms with van der Waals surface area (Å²) in [6, 6.07) is 1.04. The average molecular weight is 317 g/mol. The molecule has 0 aromatic carbocycles. The van der Waals surface area contributed by atoms with Gasteiger partial charge in [0.15, 0.2) is 9.84 Å². The summed E-state index contributed by atoms with van der Waals surface area (Å²) in [5, 5.41) is 3.73. The minimum Gasteiger partial charge on any atom is -0.312 e. The Bertz CT molecular complexity index is 405. The van der Waals surface area contributed by atoms with E-state index in [-0.39, 0.29) is 5.75 Å². The molecular weight excluding hydrogens is 284 g/mol. The summed E-state index contributed by atoms with van der Waals surface area (Å²) in [4.78, 5) is 2.41. The molecule has 5 heteroatoms. The summed E-state index contributed by atoms with van der Waals surface area (Å²) in [5.41, 5.74) is 0. The fraction of sp³-hybridized carbons (Fsp3) is 1.00. The molecule has 21 heavy (non-hydrogen) atoms. The first-order valence-corrected chi connectivity index (χ1v) is 10.5. The van der Waals surface area contributed by atoms with Crippen molar-refractivity contribution in [3.8, 4) is 0 Å². The van der Waals surface area contributed by atoms with Crippen LogP contribution in [0.1, 0.15) is 52.4 Å². The van der Waals surface area contributed by atoms with Crippen molar-refractivity contribution in [3.05, 3.63) is 0 Å². The number of nitrogens with one attached hydrogen (secondary N) is 1. The van der Waals surface area contributed by atoms with E-state index in [1.807, 2.05) is 0 Å². The minimum absolute atomic E-state index is 0.263. The van der Waals surface area contributed by atoms with Crippen molar-refractivity contribution in [3.63, 3.8) is 0 Å². The summed E-state index contributed by atoms with van der Waals surface area (Å²) in [6.07, 6.45) is 7.92. The molecule has 124 valence electrons. The highest BCUT2D eigenvalue weighted by atomic mass is 32.2. The Morgan fingerprint density at radius 2 is 1.86 bits per heavy atom. The largest absolute Gasteiger partial charge is 0.312 e. The highest BCUT2D eigenvalue weighted by molar-refractivity contribution is 7.91. The van der Waals surface area contributed by atoms with Gasteiger partial charge in [0.1, 0.15) is 0 Å². The molecule has 1 N–H and O–H groups in total. The van der Waals surface area contributed by atoms with Crippen LogP contribution in [0.5, 0.6) is 0 Å². The second-order valence-corrected chi connectivity index (χ2v) is 9.30. The van der Waals surface area contributed by atoms with E-state index < -0.39 is 9.84 Å². The zero-order chi connectivity index (χ0) is 15.3. The van der Waals surface area contributed by atoms with Crippen molar-refractivity contribution >= 4 is 9.84 Å². The second-order valence-electron chi connectivity index (χ2n) is 6.83. The molecule has 0 amide bonds. The van der Waals surface area contributed by atoms with Gasteiger partial charge in [-0.1, -0.05) is 26.2 Å². The van der Waals surface area contributed by atoms with Crippen LogP contribution in [-0.4, -0.2) is 56.5 Å². The Morgan fingerprint density at radius 3 is 2.52 bits per heavy atom. The van der Waals surface area contributed by atoms with E-state index >= 15 is 0 Å². The van der Waals surface area contributed by atoms with Crippen molar-refractivity contribution in [1.29, 1.82) is 0 Å². The zero-order valence-electron chi connectivity index (χ0n) is 13.7. The molecular formula is C16H32N2O2S. The quantitative estimate of drug-likeness (QED) is 0.843. The number of sulfone groups is 1. The molecule has 2 unspecified atom stereocenters.